The van der Waals surface area contributed by atoms with Crippen LogP contribution in [0, 0.1) is 0 Å². The van der Waals surface area contributed by atoms with E-state index in [0.717, 1.165) is 18.9 Å². The highest BCUT2D eigenvalue weighted by Gasteiger charge is 2.36. The van der Waals surface area contributed by atoms with Gasteiger partial charge in [0.25, 0.3) is 0 Å². The Morgan fingerprint density at radius 2 is 1.67 bits per heavy atom. The van der Waals surface area contributed by atoms with Crippen molar-refractivity contribution in [1.82, 2.24) is 5.32 Å². The van der Waals surface area contributed by atoms with Crippen LogP contribution in [0.5, 0.6) is 0 Å². The van der Waals surface area contributed by atoms with Gasteiger partial charge in [-0.3, -0.25) is 4.79 Å². The lowest BCUT2D eigenvalue weighted by Crippen LogP contribution is -2.42. The Balaban J connectivity index is 3.67. The van der Waals surface area contributed by atoms with E-state index in [9.17, 15) is 4.79 Å². The van der Waals surface area contributed by atoms with Gasteiger partial charge in [0.15, 0.2) is 0 Å². The predicted octanol–water partition coefficient (Wildman–Crippen LogP) is 0.781. The molecule has 0 aromatic carbocycles. The molecule has 0 heterocycles. The van der Waals surface area contributed by atoms with Gasteiger partial charge in [-0.05, 0) is 12.8 Å². The molecule has 0 bridgehead atoms. The van der Waals surface area contributed by atoms with Crippen molar-refractivity contribution in [3.63, 3.8) is 0 Å². The summed E-state index contributed by atoms with van der Waals surface area (Å²) in [5.41, 5.74) is 0. The average molecular weight is 235 g/mol. The van der Waals surface area contributed by atoms with Crippen molar-refractivity contribution in [3.05, 3.63) is 0 Å². The molecule has 0 rings (SSSR count). The third-order valence-electron chi connectivity index (χ3n) is 2.22. The lowest BCUT2D eigenvalue weighted by molar-refractivity contribution is -0.118. The molecule has 0 aliphatic carbocycles. The lowest BCUT2D eigenvalue weighted by atomic mass is 10.3. The van der Waals surface area contributed by atoms with Crippen LogP contribution in [0.15, 0.2) is 0 Å². The first-order valence-electron chi connectivity index (χ1n) is 5.00. The van der Waals surface area contributed by atoms with Crippen molar-refractivity contribution in [2.45, 2.75) is 25.8 Å². The van der Waals surface area contributed by atoms with Gasteiger partial charge < -0.3 is 18.6 Å². The molecule has 1 N–H and O–H groups in total. The molecule has 0 atom stereocenters. The van der Waals surface area contributed by atoms with Crippen molar-refractivity contribution < 1.29 is 18.1 Å². The highest BCUT2D eigenvalue weighted by Crippen LogP contribution is 2.15. The SMILES string of the molecule is CO[Si](CCCCNC(C)=O)(OC)OC. The van der Waals surface area contributed by atoms with Gasteiger partial charge in [0, 0.05) is 40.8 Å². The molecule has 0 spiro atoms. The van der Waals surface area contributed by atoms with Gasteiger partial charge >= 0.3 is 8.80 Å². The maximum atomic E-state index is 10.6. The Bertz CT molecular complexity index is 177. The molecule has 0 saturated heterocycles. The fourth-order valence-electron chi connectivity index (χ4n) is 1.29. The predicted molar refractivity (Wildman–Crippen MR) is 59.5 cm³/mol. The topological polar surface area (TPSA) is 56.8 Å². The number of hydrogen-bond acceptors (Lipinski definition) is 4. The zero-order chi connectivity index (χ0) is 11.7. The number of nitrogens with one attached hydrogen (secondary N) is 1. The van der Waals surface area contributed by atoms with Crippen LogP contribution >= 0.6 is 0 Å². The Hall–Kier alpha value is -0.433. The normalized spacial score (nSPS) is 11.5. The average Bonchev–Trinajstić information content (AvgIpc) is 2.24. The van der Waals surface area contributed by atoms with Crippen molar-refractivity contribution in [2.75, 3.05) is 27.9 Å². The summed E-state index contributed by atoms with van der Waals surface area (Å²) in [6, 6.07) is 0.774. The summed E-state index contributed by atoms with van der Waals surface area (Å²) in [5, 5.41) is 2.74. The van der Waals surface area contributed by atoms with Crippen LogP contribution < -0.4 is 5.32 Å². The van der Waals surface area contributed by atoms with E-state index < -0.39 is 8.80 Å². The largest absolute Gasteiger partial charge is 0.500 e. The van der Waals surface area contributed by atoms with Gasteiger partial charge in [-0.2, -0.15) is 0 Å². The number of rotatable bonds is 8. The minimum atomic E-state index is -2.41. The highest BCUT2D eigenvalue weighted by atomic mass is 28.4. The minimum absolute atomic E-state index is 0.00346. The maximum Gasteiger partial charge on any atom is 0.500 e. The molecular formula is C9H21NO4Si. The first-order valence-corrected chi connectivity index (χ1v) is 6.93. The third kappa shape index (κ3) is 5.88. The molecule has 0 aliphatic rings. The summed E-state index contributed by atoms with van der Waals surface area (Å²) in [5.74, 6) is 0.00346. The van der Waals surface area contributed by atoms with Gasteiger partial charge in [0.1, 0.15) is 0 Å². The molecule has 6 heteroatoms. The molecule has 0 aromatic heterocycles. The molecule has 0 fully saturated rings. The van der Waals surface area contributed by atoms with E-state index in [0.29, 0.717) is 6.54 Å². The Morgan fingerprint density at radius 3 is 2.07 bits per heavy atom. The summed E-state index contributed by atoms with van der Waals surface area (Å²) in [4.78, 5) is 10.6. The molecular weight excluding hydrogens is 214 g/mol. The van der Waals surface area contributed by atoms with Crippen molar-refractivity contribution >= 4 is 14.7 Å². The van der Waals surface area contributed by atoms with Crippen LogP contribution in [0.3, 0.4) is 0 Å². The molecule has 0 aliphatic heterocycles. The van der Waals surface area contributed by atoms with Crippen LogP contribution in [-0.4, -0.2) is 42.6 Å². The van der Waals surface area contributed by atoms with E-state index in [-0.39, 0.29) is 5.91 Å². The summed E-state index contributed by atoms with van der Waals surface area (Å²) in [6.45, 7) is 2.20. The van der Waals surface area contributed by atoms with E-state index in [1.807, 2.05) is 0 Å². The Morgan fingerprint density at radius 1 is 1.13 bits per heavy atom. The molecule has 15 heavy (non-hydrogen) atoms. The number of carbonyl (C=O) groups is 1. The van der Waals surface area contributed by atoms with Crippen LogP contribution in [-0.2, 0) is 18.1 Å². The molecule has 0 aromatic rings. The second kappa shape index (κ2) is 7.81. The Labute approximate surface area is 92.5 Å². The molecule has 90 valence electrons. The fraction of sp³-hybridized carbons (Fsp3) is 0.889. The van der Waals surface area contributed by atoms with Crippen LogP contribution in [0.2, 0.25) is 6.04 Å². The van der Waals surface area contributed by atoms with Crippen molar-refractivity contribution in [2.24, 2.45) is 0 Å². The molecule has 1 amide bonds. The van der Waals surface area contributed by atoms with E-state index in [2.05, 4.69) is 5.32 Å². The third-order valence-corrected chi connectivity index (χ3v) is 5.05. The van der Waals surface area contributed by atoms with E-state index in [4.69, 9.17) is 13.3 Å². The zero-order valence-corrected chi connectivity index (χ0v) is 11.0. The minimum Gasteiger partial charge on any atom is -0.377 e. The first-order chi connectivity index (χ1) is 7.10. The Kier molecular flexibility index (Phi) is 7.58. The maximum absolute atomic E-state index is 10.6. The molecule has 0 unspecified atom stereocenters. The first kappa shape index (κ1) is 14.6. The van der Waals surface area contributed by atoms with Crippen LogP contribution in [0.4, 0.5) is 0 Å². The summed E-state index contributed by atoms with van der Waals surface area (Å²) in [6.07, 6.45) is 1.83. The number of hydrogen-bond donors (Lipinski definition) is 1. The summed E-state index contributed by atoms with van der Waals surface area (Å²) in [7, 11) is 2.41. The van der Waals surface area contributed by atoms with E-state index >= 15 is 0 Å². The quantitative estimate of drug-likeness (QED) is 0.499. The number of amides is 1. The fourth-order valence-corrected chi connectivity index (χ4v) is 3.08. The van der Waals surface area contributed by atoms with Gasteiger partial charge in [0.05, 0.1) is 0 Å². The van der Waals surface area contributed by atoms with Gasteiger partial charge in [-0.1, -0.05) is 0 Å². The van der Waals surface area contributed by atoms with Crippen molar-refractivity contribution in [1.29, 1.82) is 0 Å². The molecule has 0 saturated carbocycles. The second-order valence-electron chi connectivity index (χ2n) is 3.24. The molecule has 5 nitrogen and oxygen atoms in total. The van der Waals surface area contributed by atoms with Gasteiger partial charge in [0.2, 0.25) is 5.91 Å². The standard InChI is InChI=1S/C9H21NO4Si/c1-9(11)10-7-5-6-8-15(12-2,13-3)14-4/h5-8H2,1-4H3,(H,10,11). The lowest BCUT2D eigenvalue weighted by Gasteiger charge is -2.24. The summed E-state index contributed by atoms with van der Waals surface area (Å²) < 4.78 is 15.8. The van der Waals surface area contributed by atoms with Crippen LogP contribution in [0.1, 0.15) is 19.8 Å². The number of carbonyl (C=O) groups excluding carboxylic acids is 1. The molecule has 0 radical (unpaired) electrons. The highest BCUT2D eigenvalue weighted by molar-refractivity contribution is 6.60. The van der Waals surface area contributed by atoms with Gasteiger partial charge in [-0.15, -0.1) is 0 Å². The van der Waals surface area contributed by atoms with Crippen molar-refractivity contribution in [3.8, 4) is 0 Å². The van der Waals surface area contributed by atoms with E-state index in [1.165, 1.54) is 6.92 Å². The second-order valence-corrected chi connectivity index (χ2v) is 6.33. The smallest absolute Gasteiger partial charge is 0.377 e. The van der Waals surface area contributed by atoms with E-state index in [1.54, 1.807) is 21.3 Å². The van der Waals surface area contributed by atoms with Gasteiger partial charge in [-0.25, -0.2) is 0 Å². The zero-order valence-electron chi connectivity index (χ0n) is 9.96. The van der Waals surface area contributed by atoms with Crippen LogP contribution in [0.25, 0.3) is 0 Å². The number of unbranched alkanes of at least 4 members (excludes halogenated alkanes) is 1. The summed E-state index contributed by atoms with van der Waals surface area (Å²) >= 11 is 0. The monoisotopic (exact) mass is 235 g/mol.